The molecule has 0 fully saturated rings. The Morgan fingerprint density at radius 1 is 1.57 bits per heavy atom. The fraction of sp³-hybridized carbons (Fsp3) is 0.333. The van der Waals surface area contributed by atoms with E-state index in [1.54, 1.807) is 18.3 Å². The second-order valence-corrected chi connectivity index (χ2v) is 7.01. The molecule has 7 nitrogen and oxygen atoms in total. The van der Waals surface area contributed by atoms with E-state index in [1.165, 1.54) is 18.0 Å². The number of aliphatic carboxylic acids is 1. The van der Waals surface area contributed by atoms with Crippen LogP contribution in [0.2, 0.25) is 0 Å². The number of fused-ring (bicyclic) bond motifs is 1. The first kappa shape index (κ1) is 15.8. The van der Waals surface area contributed by atoms with Gasteiger partial charge in [-0.25, -0.2) is 13.4 Å². The third-order valence-corrected chi connectivity index (χ3v) is 5.06. The first-order valence-corrected chi connectivity index (χ1v) is 8.99. The number of H-pyrrole nitrogens is 1. The molecule has 1 atom stereocenters. The lowest BCUT2D eigenvalue weighted by molar-refractivity contribution is -0.139. The van der Waals surface area contributed by atoms with Gasteiger partial charge in [-0.15, -0.1) is 0 Å². The van der Waals surface area contributed by atoms with Crippen molar-refractivity contribution in [3.05, 3.63) is 24.5 Å². The van der Waals surface area contributed by atoms with E-state index < -0.39 is 22.0 Å². The van der Waals surface area contributed by atoms with E-state index in [0.717, 1.165) is 0 Å². The summed E-state index contributed by atoms with van der Waals surface area (Å²) >= 11 is 1.46. The summed E-state index contributed by atoms with van der Waals surface area (Å²) in [6.07, 6.45) is 4.91. The number of nitrogens with zero attached hydrogens (tertiary/aromatic N) is 1. The predicted molar refractivity (Wildman–Crippen MR) is 80.8 cm³/mol. The second kappa shape index (κ2) is 6.46. The summed E-state index contributed by atoms with van der Waals surface area (Å²) in [6, 6.07) is 2.09. The molecule has 9 heteroatoms. The number of pyridine rings is 1. The van der Waals surface area contributed by atoms with Gasteiger partial charge in [-0.1, -0.05) is 0 Å². The lowest BCUT2D eigenvalue weighted by atomic mass is 10.2. The number of carboxylic acids is 1. The van der Waals surface area contributed by atoms with Gasteiger partial charge in [0.1, 0.15) is 16.6 Å². The number of carbonyl (C=O) groups is 1. The Kier molecular flexibility index (Phi) is 4.86. The maximum atomic E-state index is 12.4. The number of aromatic nitrogens is 2. The molecule has 2 rings (SSSR count). The lowest BCUT2D eigenvalue weighted by Crippen LogP contribution is -2.41. The highest BCUT2D eigenvalue weighted by atomic mass is 32.2. The highest BCUT2D eigenvalue weighted by Gasteiger charge is 2.27. The van der Waals surface area contributed by atoms with Crippen LogP contribution in [0.3, 0.4) is 0 Å². The third-order valence-electron chi connectivity index (χ3n) is 2.91. The zero-order chi connectivity index (χ0) is 15.5. The SMILES string of the molecule is CSCCC(NS(=O)(=O)c1c[nH]c2ncccc12)C(=O)O. The van der Waals surface area contributed by atoms with Gasteiger partial charge < -0.3 is 10.1 Å². The van der Waals surface area contributed by atoms with Crippen LogP contribution in [-0.2, 0) is 14.8 Å². The van der Waals surface area contributed by atoms with Crippen LogP contribution in [0.15, 0.2) is 29.4 Å². The van der Waals surface area contributed by atoms with E-state index in [0.29, 0.717) is 16.8 Å². The quantitative estimate of drug-likeness (QED) is 0.700. The van der Waals surface area contributed by atoms with Crippen molar-refractivity contribution < 1.29 is 18.3 Å². The molecule has 0 saturated carbocycles. The van der Waals surface area contributed by atoms with Crippen LogP contribution < -0.4 is 4.72 Å². The predicted octanol–water partition coefficient (Wildman–Crippen LogP) is 1.05. The summed E-state index contributed by atoms with van der Waals surface area (Å²) < 4.78 is 26.9. The van der Waals surface area contributed by atoms with Crippen LogP contribution in [-0.4, -0.2) is 47.5 Å². The second-order valence-electron chi connectivity index (χ2n) is 4.35. The van der Waals surface area contributed by atoms with Gasteiger partial charge in [0.15, 0.2) is 0 Å². The van der Waals surface area contributed by atoms with Gasteiger partial charge in [-0.2, -0.15) is 16.5 Å². The average Bonchev–Trinajstić information content (AvgIpc) is 2.87. The molecule has 2 heterocycles. The normalized spacial score (nSPS) is 13.4. The number of nitrogens with one attached hydrogen (secondary N) is 2. The molecule has 0 aliphatic heterocycles. The number of thioether (sulfide) groups is 1. The zero-order valence-corrected chi connectivity index (χ0v) is 12.9. The van der Waals surface area contributed by atoms with Crippen molar-refractivity contribution in [1.29, 1.82) is 0 Å². The Labute approximate surface area is 126 Å². The van der Waals surface area contributed by atoms with Crippen molar-refractivity contribution >= 4 is 38.8 Å². The van der Waals surface area contributed by atoms with E-state index in [2.05, 4.69) is 14.7 Å². The summed E-state index contributed by atoms with van der Waals surface area (Å²) in [7, 11) is -3.93. The zero-order valence-electron chi connectivity index (χ0n) is 11.2. The highest BCUT2D eigenvalue weighted by Crippen LogP contribution is 2.21. The van der Waals surface area contributed by atoms with E-state index in [1.807, 2.05) is 6.26 Å². The van der Waals surface area contributed by atoms with Crippen molar-refractivity contribution in [1.82, 2.24) is 14.7 Å². The van der Waals surface area contributed by atoms with Gasteiger partial charge in [-0.3, -0.25) is 4.79 Å². The monoisotopic (exact) mass is 329 g/mol. The Morgan fingerprint density at radius 2 is 2.33 bits per heavy atom. The molecule has 21 heavy (non-hydrogen) atoms. The van der Waals surface area contributed by atoms with E-state index in [-0.39, 0.29) is 11.3 Å². The molecule has 0 aromatic carbocycles. The molecule has 2 aromatic heterocycles. The first-order chi connectivity index (χ1) is 9.95. The van der Waals surface area contributed by atoms with Gasteiger partial charge in [0.2, 0.25) is 10.0 Å². The van der Waals surface area contributed by atoms with E-state index >= 15 is 0 Å². The molecule has 0 bridgehead atoms. The number of hydrogen-bond acceptors (Lipinski definition) is 5. The van der Waals surface area contributed by atoms with Crippen LogP contribution in [0.4, 0.5) is 0 Å². The standard InChI is InChI=1S/C12H15N3O4S2/c1-20-6-4-9(12(16)17)15-21(18,19)10-7-14-11-8(10)3-2-5-13-11/h2-3,5,7,9,15H,4,6H2,1H3,(H,13,14)(H,16,17). The van der Waals surface area contributed by atoms with Crippen LogP contribution in [0.25, 0.3) is 11.0 Å². The molecule has 0 saturated heterocycles. The van der Waals surface area contributed by atoms with Crippen LogP contribution in [0, 0.1) is 0 Å². The fourth-order valence-corrected chi connectivity index (χ4v) is 3.73. The van der Waals surface area contributed by atoms with Gasteiger partial charge in [0.25, 0.3) is 0 Å². The lowest BCUT2D eigenvalue weighted by Gasteiger charge is -2.13. The summed E-state index contributed by atoms with van der Waals surface area (Å²) in [4.78, 5) is 17.9. The van der Waals surface area contributed by atoms with Crippen LogP contribution >= 0.6 is 11.8 Å². The number of carboxylic acid groups (broad SMARTS) is 1. The maximum Gasteiger partial charge on any atom is 0.321 e. The van der Waals surface area contributed by atoms with E-state index in [4.69, 9.17) is 5.11 Å². The number of aromatic amines is 1. The van der Waals surface area contributed by atoms with E-state index in [9.17, 15) is 13.2 Å². The molecule has 0 aliphatic carbocycles. The van der Waals surface area contributed by atoms with Gasteiger partial charge >= 0.3 is 5.97 Å². The van der Waals surface area contributed by atoms with Gasteiger partial charge in [0, 0.05) is 17.8 Å². The minimum absolute atomic E-state index is 0.000927. The Bertz CT molecular complexity index is 742. The molecule has 0 spiro atoms. The Morgan fingerprint density at radius 3 is 3.00 bits per heavy atom. The average molecular weight is 329 g/mol. The largest absolute Gasteiger partial charge is 0.480 e. The molecule has 0 radical (unpaired) electrons. The molecule has 0 aliphatic rings. The van der Waals surface area contributed by atoms with Crippen LogP contribution in [0.1, 0.15) is 6.42 Å². The first-order valence-electron chi connectivity index (χ1n) is 6.12. The topological polar surface area (TPSA) is 112 Å². The van der Waals surface area contributed by atoms with Crippen molar-refractivity contribution in [3.8, 4) is 0 Å². The summed E-state index contributed by atoms with van der Waals surface area (Å²) in [6.45, 7) is 0. The van der Waals surface area contributed by atoms with Crippen molar-refractivity contribution in [2.75, 3.05) is 12.0 Å². The minimum Gasteiger partial charge on any atom is -0.480 e. The smallest absolute Gasteiger partial charge is 0.321 e. The fourth-order valence-electron chi connectivity index (χ4n) is 1.87. The molecule has 3 N–H and O–H groups in total. The molecule has 1 unspecified atom stereocenters. The summed E-state index contributed by atoms with van der Waals surface area (Å²) in [5, 5.41) is 9.55. The van der Waals surface area contributed by atoms with Gasteiger partial charge in [-0.05, 0) is 30.6 Å². The van der Waals surface area contributed by atoms with Crippen molar-refractivity contribution in [2.45, 2.75) is 17.4 Å². The minimum atomic E-state index is -3.93. The summed E-state index contributed by atoms with van der Waals surface area (Å²) in [5.74, 6) is -0.639. The Hall–Kier alpha value is -1.58. The van der Waals surface area contributed by atoms with Crippen molar-refractivity contribution in [2.24, 2.45) is 0 Å². The Balaban J connectivity index is 2.30. The molecule has 2 aromatic rings. The number of rotatable bonds is 7. The third kappa shape index (κ3) is 3.55. The highest BCUT2D eigenvalue weighted by molar-refractivity contribution is 7.98. The van der Waals surface area contributed by atoms with Crippen LogP contribution in [0.5, 0.6) is 0 Å². The molecular weight excluding hydrogens is 314 g/mol. The molecular formula is C12H15N3O4S2. The maximum absolute atomic E-state index is 12.4. The molecule has 0 amide bonds. The van der Waals surface area contributed by atoms with Crippen molar-refractivity contribution in [3.63, 3.8) is 0 Å². The number of hydrogen-bond donors (Lipinski definition) is 3. The summed E-state index contributed by atoms with van der Waals surface area (Å²) in [5.41, 5.74) is 0.439. The molecule has 114 valence electrons. The van der Waals surface area contributed by atoms with Gasteiger partial charge in [0.05, 0.1) is 0 Å². The number of sulfonamides is 1.